The van der Waals surface area contributed by atoms with Crippen LogP contribution in [0.4, 0.5) is 39.4 Å². The average molecular weight is 1670 g/mol. The minimum atomic E-state index is -3.77. The molecule has 1 saturated heterocycles. The van der Waals surface area contributed by atoms with E-state index in [4.69, 9.17) is 21.6 Å². The second-order valence-corrected chi connectivity index (χ2v) is 30.3. The van der Waals surface area contributed by atoms with Gasteiger partial charge >= 0.3 is 0 Å². The molecule has 0 bridgehead atoms. The zero-order valence-electron chi connectivity index (χ0n) is 65.7. The topological polar surface area (TPSA) is 334 Å². The summed E-state index contributed by atoms with van der Waals surface area (Å²) in [5, 5.41) is 15.0. The number of piperazine rings is 1. The van der Waals surface area contributed by atoms with E-state index in [0.717, 1.165) is 144 Å². The largest absolute Gasteiger partial charge is 0.383 e. The van der Waals surface area contributed by atoms with Crippen LogP contribution in [-0.2, 0) is 10.0 Å². The Labute approximate surface area is 709 Å². The number of fused-ring (bicyclic) bond motifs is 6. The molecule has 7 N–H and O–H groups in total. The van der Waals surface area contributed by atoms with Crippen LogP contribution < -0.4 is 26.8 Å². The van der Waals surface area contributed by atoms with Crippen molar-refractivity contribution in [1.82, 2.24) is 85.1 Å². The Kier molecular flexibility index (Phi) is 22.3. The number of sulfonamides is 1. The lowest BCUT2D eigenvalue weighted by atomic mass is 9.97. The SMILES string of the molecule is Fc1ccccc1-c1cc(-c2cncc(-c3ccc(N4CCNCC4)nc3)n2)c2cccnc2n1.NS(=O)(=O)c1ccc(-c2cncc(-c3cc(-c4ccccc4F)nc4ncccc34)c2)cc1.Nc1ncc(-c2cc(-c3cc(F)ccc3F)nc3ncccc23)c2ccncc12.Nc1ncc(-c2cc(-c3ccccc3F)nc3ncccc23)c2ccncc12. The minimum Gasteiger partial charge on any atom is -0.383 e. The van der Waals surface area contributed by atoms with E-state index in [1.54, 1.807) is 166 Å². The Hall–Kier alpha value is -16.2. The highest BCUT2D eigenvalue weighted by Crippen LogP contribution is 2.41. The number of halogens is 5. The average Bonchev–Trinajstić information content (AvgIpc) is 0.774. The second kappa shape index (κ2) is 34.8. The Morgan fingerprint density at radius 3 is 1.23 bits per heavy atom. The molecule has 0 saturated carbocycles. The summed E-state index contributed by atoms with van der Waals surface area (Å²) in [6, 6.07) is 61.2. The molecule has 1 aliphatic rings. The maximum Gasteiger partial charge on any atom is 0.238 e. The van der Waals surface area contributed by atoms with E-state index in [1.165, 1.54) is 30.3 Å². The summed E-state index contributed by atoms with van der Waals surface area (Å²) in [5.74, 6) is -0.408. The molecule has 20 aromatic rings. The number of nitrogens with one attached hydrogen (secondary N) is 1. The van der Waals surface area contributed by atoms with Crippen LogP contribution in [0.1, 0.15) is 0 Å². The van der Waals surface area contributed by atoms with Gasteiger partial charge < -0.3 is 21.7 Å². The molecule has 1 fully saturated rings. The summed E-state index contributed by atoms with van der Waals surface area (Å²) in [5.41, 5.74) is 26.5. The zero-order chi connectivity index (χ0) is 85.7. The van der Waals surface area contributed by atoms with Crippen molar-refractivity contribution < 1.29 is 30.4 Å². The lowest BCUT2D eigenvalue weighted by Gasteiger charge is -2.28. The molecule has 21 rings (SSSR count). The van der Waals surface area contributed by atoms with E-state index in [2.05, 4.69) is 85.0 Å². The van der Waals surface area contributed by atoms with Gasteiger partial charge in [0.1, 0.15) is 46.5 Å². The number of nitrogens with two attached hydrogens (primary N) is 3. The first kappa shape index (κ1) is 79.9. The van der Waals surface area contributed by atoms with Gasteiger partial charge in [-0.2, -0.15) is 0 Å². The number of anilines is 3. The summed E-state index contributed by atoms with van der Waals surface area (Å²) in [4.78, 5) is 73.3. The molecule has 0 radical (unpaired) electrons. The van der Waals surface area contributed by atoms with E-state index in [9.17, 15) is 30.4 Å². The Morgan fingerprint density at radius 2 is 0.736 bits per heavy atom. The predicted molar refractivity (Wildman–Crippen MR) is 475 cm³/mol. The van der Waals surface area contributed by atoms with Gasteiger partial charge in [-0.15, -0.1) is 0 Å². The summed E-state index contributed by atoms with van der Waals surface area (Å²) < 4.78 is 94.8. The smallest absolute Gasteiger partial charge is 0.238 e. The first-order chi connectivity index (χ1) is 61.0. The van der Waals surface area contributed by atoms with E-state index in [1.807, 2.05) is 97.2 Å². The van der Waals surface area contributed by atoms with Crippen molar-refractivity contribution in [2.24, 2.45) is 5.14 Å². The molecule has 5 aromatic carbocycles. The Morgan fingerprint density at radius 1 is 0.296 bits per heavy atom. The number of primary sulfonamides is 1. The summed E-state index contributed by atoms with van der Waals surface area (Å²) in [7, 11) is -3.77. The predicted octanol–water partition coefficient (Wildman–Crippen LogP) is 18.6. The number of pyridine rings is 14. The highest BCUT2D eigenvalue weighted by molar-refractivity contribution is 7.89. The van der Waals surface area contributed by atoms with Crippen LogP contribution in [0.5, 0.6) is 0 Å². The van der Waals surface area contributed by atoms with Gasteiger partial charge in [-0.05, 0) is 203 Å². The van der Waals surface area contributed by atoms with Gasteiger partial charge in [0, 0.05) is 195 Å². The molecule has 0 aliphatic carbocycles. The summed E-state index contributed by atoms with van der Waals surface area (Å²) in [6.07, 6.45) is 25.4. The quantitative estimate of drug-likeness (QED) is 0.0826. The molecule has 29 heteroatoms. The molecular formula is C96H66F5N21O2S. The third-order valence-electron chi connectivity index (χ3n) is 21.0. The first-order valence-electron chi connectivity index (χ1n) is 39.0. The summed E-state index contributed by atoms with van der Waals surface area (Å²) >= 11 is 0. The number of rotatable bonds is 12. The van der Waals surface area contributed by atoms with Gasteiger partial charge in [-0.25, -0.2) is 95.3 Å². The Balaban J connectivity index is 0.000000114. The van der Waals surface area contributed by atoms with Crippen molar-refractivity contribution in [3.8, 4) is 112 Å². The number of aromatic nitrogens is 16. The lowest BCUT2D eigenvalue weighted by Crippen LogP contribution is -2.43. The number of hydrogen-bond donors (Lipinski definition) is 4. The molecule has 0 spiro atoms. The zero-order valence-corrected chi connectivity index (χ0v) is 66.5. The minimum absolute atomic E-state index is 0.0381. The lowest BCUT2D eigenvalue weighted by molar-refractivity contribution is 0.585. The monoisotopic (exact) mass is 1670 g/mol. The summed E-state index contributed by atoms with van der Waals surface area (Å²) in [6.45, 7) is 3.80. The van der Waals surface area contributed by atoms with Crippen molar-refractivity contribution in [2.45, 2.75) is 4.90 Å². The van der Waals surface area contributed by atoms with Crippen molar-refractivity contribution in [3.63, 3.8) is 0 Å². The maximum atomic E-state index is 14.6. The van der Waals surface area contributed by atoms with Crippen LogP contribution in [0.25, 0.3) is 178 Å². The number of benzene rings is 5. The molecule has 0 amide bonds. The molecule has 15 aromatic heterocycles. The van der Waals surface area contributed by atoms with Gasteiger partial charge in [0.2, 0.25) is 10.0 Å². The van der Waals surface area contributed by atoms with Crippen LogP contribution in [-0.4, -0.2) is 114 Å². The van der Waals surface area contributed by atoms with Crippen molar-refractivity contribution in [1.29, 1.82) is 0 Å². The van der Waals surface area contributed by atoms with Gasteiger partial charge in [-0.1, -0.05) is 48.5 Å². The standard InChI is InChI=1S/C27H22FN7.C25H17FN4O2S.C22H13F2N5.C22H14FN5/c28-22-6-2-1-4-20(22)23-14-21(19-5-3-9-31-27(19)34-23)25-17-30-16-24(33-25)18-7-8-26(32-15-18)35-12-10-29-11-13-35;26-23-6-2-1-4-21(23)24-13-22(20-5-3-11-29-25(20)30-24)18-12-17(14-28-15-18)16-7-9-19(10-8-16)33(27,31)32;23-12-3-4-19(24)16(8-12)20-9-15(14-2-1-6-27-22(14)29-20)17-11-28-21(25)18-10-26-7-5-13(17)18;23-19-6-2-1-4-15(19)20-10-16(14-5-3-8-26-22(14)28-20)17-12-27-21(24)18-11-25-9-7-13(17)18/h1-9,14-17,29H,10-13H2;1-15H,(H2,27,31,32);1-11H,(H2,25,28);1-12H,(H2,24,27). The highest BCUT2D eigenvalue weighted by atomic mass is 32.2. The molecule has 1 aliphatic heterocycles. The molecule has 16 heterocycles. The van der Waals surface area contributed by atoms with Crippen molar-refractivity contribution in [2.75, 3.05) is 42.5 Å². The van der Waals surface area contributed by atoms with Gasteiger partial charge in [0.05, 0.1) is 51.5 Å². The molecule has 0 unspecified atom stereocenters. The van der Waals surface area contributed by atoms with Crippen LogP contribution in [0, 0.1) is 29.1 Å². The molecule has 0 atom stereocenters. The first-order valence-corrected chi connectivity index (χ1v) is 40.6. The van der Waals surface area contributed by atoms with Gasteiger partial charge in [0.25, 0.3) is 0 Å². The third-order valence-corrected chi connectivity index (χ3v) is 21.9. The fraction of sp³-hybridized carbons (Fsp3) is 0.0417. The Bertz CT molecular complexity index is 7660. The number of nitrogens with zero attached hydrogens (tertiary/aromatic N) is 17. The molecule has 608 valence electrons. The van der Waals surface area contributed by atoms with Crippen LogP contribution in [0.3, 0.4) is 0 Å². The van der Waals surface area contributed by atoms with Crippen LogP contribution >= 0.6 is 0 Å². The van der Waals surface area contributed by atoms with Crippen LogP contribution in [0.15, 0.2) is 316 Å². The number of hydrogen-bond acceptors (Lipinski definition) is 22. The molecular weight excluding hydrogens is 1610 g/mol. The van der Waals surface area contributed by atoms with Crippen LogP contribution in [0.2, 0.25) is 0 Å². The highest BCUT2D eigenvalue weighted by Gasteiger charge is 2.23. The van der Waals surface area contributed by atoms with Crippen molar-refractivity contribution in [3.05, 3.63) is 340 Å². The molecule has 23 nitrogen and oxygen atoms in total. The normalized spacial score (nSPS) is 12.0. The van der Waals surface area contributed by atoms with E-state index in [-0.39, 0.29) is 33.6 Å². The fourth-order valence-electron chi connectivity index (χ4n) is 14.9. The van der Waals surface area contributed by atoms with E-state index < -0.39 is 21.7 Å². The molecule has 125 heavy (non-hydrogen) atoms. The van der Waals surface area contributed by atoms with Crippen molar-refractivity contribution >= 4 is 93.2 Å². The fourth-order valence-corrected chi connectivity index (χ4v) is 15.4. The number of nitrogen functional groups attached to an aromatic ring is 2. The second-order valence-electron chi connectivity index (χ2n) is 28.7. The third kappa shape index (κ3) is 16.8. The van der Waals surface area contributed by atoms with Gasteiger partial charge in [-0.3, -0.25) is 19.9 Å². The van der Waals surface area contributed by atoms with Gasteiger partial charge in [0.15, 0.2) is 22.6 Å². The maximum absolute atomic E-state index is 14.6. The van der Waals surface area contributed by atoms with E-state index in [0.29, 0.717) is 84.8 Å². The van der Waals surface area contributed by atoms with E-state index >= 15 is 0 Å².